The van der Waals surface area contributed by atoms with Crippen molar-refractivity contribution in [1.82, 2.24) is 25.1 Å². The number of aliphatic imine (C=N–C) groups is 1. The standard InChI is InChI=1S/C20H13F5IN7O/c1-19(20(23,24)25)13-14(26)29-8-32(17(13)30-18(19)34)16-10-5-9(21)6-28-15(10)33(31-16)7-12-11(22)3-2-4-27-12/h2-6H,7-8H2,1H3,(H,30,34). The first-order valence-corrected chi connectivity index (χ1v) is 10.8. The highest BCUT2D eigenvalue weighted by Gasteiger charge is 2.65. The molecule has 3 aromatic heterocycles. The number of rotatable bonds is 3. The van der Waals surface area contributed by atoms with E-state index >= 15 is 0 Å². The van der Waals surface area contributed by atoms with Gasteiger partial charge in [0.25, 0.3) is 0 Å². The van der Waals surface area contributed by atoms with Gasteiger partial charge < -0.3 is 5.32 Å². The number of aromatic nitrogens is 4. The average molecular weight is 589 g/mol. The Morgan fingerprint density at radius 1 is 1.26 bits per heavy atom. The molecule has 1 atom stereocenters. The zero-order chi connectivity index (χ0) is 24.4. The summed E-state index contributed by atoms with van der Waals surface area (Å²) in [4.78, 5) is 25.9. The maximum Gasteiger partial charge on any atom is 0.407 e. The van der Waals surface area contributed by atoms with E-state index in [0.717, 1.165) is 19.2 Å². The maximum absolute atomic E-state index is 14.2. The molecule has 0 spiro atoms. The molecule has 1 N–H and O–H groups in total. The third kappa shape index (κ3) is 3.25. The molecule has 5 heterocycles. The Labute approximate surface area is 201 Å². The van der Waals surface area contributed by atoms with Crippen molar-refractivity contribution < 1.29 is 26.7 Å². The summed E-state index contributed by atoms with van der Waals surface area (Å²) in [7, 11) is 0. The Morgan fingerprint density at radius 2 is 2.03 bits per heavy atom. The lowest BCUT2D eigenvalue weighted by molar-refractivity contribution is -0.201. The van der Waals surface area contributed by atoms with Crippen LogP contribution in [0, 0.1) is 17.0 Å². The van der Waals surface area contributed by atoms with Crippen molar-refractivity contribution in [2.24, 2.45) is 10.4 Å². The second kappa shape index (κ2) is 7.68. The lowest BCUT2D eigenvalue weighted by atomic mass is 9.82. The Morgan fingerprint density at radius 3 is 2.74 bits per heavy atom. The molecule has 1 unspecified atom stereocenters. The van der Waals surface area contributed by atoms with Crippen LogP contribution in [0.3, 0.4) is 0 Å². The van der Waals surface area contributed by atoms with Crippen LogP contribution in [0.15, 0.2) is 47.0 Å². The van der Waals surface area contributed by atoms with Gasteiger partial charge in [0, 0.05) is 11.8 Å². The Bertz CT molecular complexity index is 1420. The molecule has 0 aromatic carbocycles. The zero-order valence-electron chi connectivity index (χ0n) is 17.2. The van der Waals surface area contributed by atoms with Gasteiger partial charge in [-0.25, -0.2) is 18.4 Å². The van der Waals surface area contributed by atoms with E-state index in [2.05, 4.69) is 25.4 Å². The highest BCUT2D eigenvalue weighted by Crippen LogP contribution is 2.51. The van der Waals surface area contributed by atoms with Crippen LogP contribution in [0.2, 0.25) is 0 Å². The van der Waals surface area contributed by atoms with Crippen molar-refractivity contribution in [1.29, 1.82) is 0 Å². The third-order valence-corrected chi connectivity index (χ3v) is 6.62. The average Bonchev–Trinajstić information content (AvgIpc) is 3.25. The molecule has 2 aliphatic rings. The van der Waals surface area contributed by atoms with E-state index in [-0.39, 0.29) is 50.9 Å². The number of amides is 1. The molecule has 176 valence electrons. The molecule has 5 rings (SSSR count). The molecule has 0 aliphatic carbocycles. The highest BCUT2D eigenvalue weighted by atomic mass is 127. The summed E-state index contributed by atoms with van der Waals surface area (Å²) in [5, 5.41) is 6.83. The summed E-state index contributed by atoms with van der Waals surface area (Å²) in [6.45, 7) is 0.422. The van der Waals surface area contributed by atoms with Gasteiger partial charge in [0.05, 0.1) is 23.8 Å². The minimum Gasteiger partial charge on any atom is -0.311 e. The maximum atomic E-state index is 14.2. The second-order valence-electron chi connectivity index (χ2n) is 7.76. The minimum absolute atomic E-state index is 0.00483. The third-order valence-electron chi connectivity index (χ3n) is 5.74. The fourth-order valence-electron chi connectivity index (χ4n) is 3.88. The number of fused-ring (bicyclic) bond motifs is 1. The molecule has 0 radical (unpaired) electrons. The molecule has 0 saturated heterocycles. The first kappa shape index (κ1) is 22.6. The molecule has 0 bridgehead atoms. The van der Waals surface area contributed by atoms with Crippen molar-refractivity contribution in [3.63, 3.8) is 0 Å². The van der Waals surface area contributed by atoms with Gasteiger partial charge in [0.15, 0.2) is 16.9 Å². The normalized spacial score (nSPS) is 20.6. The van der Waals surface area contributed by atoms with Crippen LogP contribution in [0.25, 0.3) is 11.0 Å². The van der Waals surface area contributed by atoms with E-state index < -0.39 is 29.1 Å². The van der Waals surface area contributed by atoms with Gasteiger partial charge in [-0.05, 0) is 47.7 Å². The lowest BCUT2D eigenvalue weighted by Gasteiger charge is -2.30. The lowest BCUT2D eigenvalue weighted by Crippen LogP contribution is -2.45. The van der Waals surface area contributed by atoms with Crippen LogP contribution >= 0.6 is 22.6 Å². The number of hydrogen-bond donors (Lipinski definition) is 1. The van der Waals surface area contributed by atoms with Gasteiger partial charge in [-0.15, -0.1) is 0 Å². The summed E-state index contributed by atoms with van der Waals surface area (Å²) in [5.41, 5.74) is -3.00. The van der Waals surface area contributed by atoms with Crippen molar-refractivity contribution in [2.75, 3.05) is 11.6 Å². The van der Waals surface area contributed by atoms with Crippen LogP contribution in [0.4, 0.5) is 27.8 Å². The van der Waals surface area contributed by atoms with E-state index in [9.17, 15) is 26.7 Å². The number of hydrogen-bond acceptors (Lipinski definition) is 6. The summed E-state index contributed by atoms with van der Waals surface area (Å²) < 4.78 is 71.5. The minimum atomic E-state index is -4.89. The van der Waals surface area contributed by atoms with E-state index in [1.54, 1.807) is 22.6 Å². The van der Waals surface area contributed by atoms with Crippen molar-refractivity contribution >= 4 is 49.1 Å². The van der Waals surface area contributed by atoms with E-state index in [4.69, 9.17) is 0 Å². The number of nitrogens with one attached hydrogen (secondary N) is 1. The SMILES string of the molecule is CC1(C(F)(F)F)C(=O)NC2=C1C(I)=NCN2c1nn(Cc2ncccc2F)c2ncc(F)cc12. The van der Waals surface area contributed by atoms with Gasteiger partial charge in [-0.3, -0.25) is 19.7 Å². The fourth-order valence-corrected chi connectivity index (χ4v) is 4.83. The predicted molar refractivity (Wildman–Crippen MR) is 119 cm³/mol. The summed E-state index contributed by atoms with van der Waals surface area (Å²) >= 11 is 1.65. The summed E-state index contributed by atoms with van der Waals surface area (Å²) in [6, 6.07) is 3.74. The molecule has 0 fully saturated rings. The Kier molecular flexibility index (Phi) is 5.11. The largest absolute Gasteiger partial charge is 0.407 e. The monoisotopic (exact) mass is 589 g/mol. The molecule has 1 amide bonds. The van der Waals surface area contributed by atoms with Gasteiger partial charge in [0.2, 0.25) is 5.91 Å². The topological polar surface area (TPSA) is 88.3 Å². The molecule has 0 saturated carbocycles. The van der Waals surface area contributed by atoms with Crippen molar-refractivity contribution in [3.8, 4) is 0 Å². The van der Waals surface area contributed by atoms with Crippen LogP contribution < -0.4 is 10.2 Å². The van der Waals surface area contributed by atoms with Gasteiger partial charge in [-0.1, -0.05) is 0 Å². The van der Waals surface area contributed by atoms with Crippen LogP contribution in [-0.4, -0.2) is 42.2 Å². The number of nitrogens with zero attached hydrogens (tertiary/aromatic N) is 6. The quantitative estimate of drug-likeness (QED) is 0.373. The molecular formula is C20H13F5IN7O. The highest BCUT2D eigenvalue weighted by molar-refractivity contribution is 14.1. The van der Waals surface area contributed by atoms with E-state index in [1.165, 1.54) is 27.9 Å². The molecule has 34 heavy (non-hydrogen) atoms. The molecule has 2 aliphatic heterocycles. The van der Waals surface area contributed by atoms with Gasteiger partial charge >= 0.3 is 6.18 Å². The predicted octanol–water partition coefficient (Wildman–Crippen LogP) is 3.67. The molecule has 8 nitrogen and oxygen atoms in total. The molecular weight excluding hydrogens is 576 g/mol. The van der Waals surface area contributed by atoms with E-state index in [1.807, 2.05) is 0 Å². The van der Waals surface area contributed by atoms with Crippen LogP contribution in [0.5, 0.6) is 0 Å². The summed E-state index contributed by atoms with van der Waals surface area (Å²) in [5.74, 6) is -2.71. The summed E-state index contributed by atoms with van der Waals surface area (Å²) in [6.07, 6.45) is -2.56. The number of pyridine rings is 2. The van der Waals surface area contributed by atoms with Crippen molar-refractivity contribution in [3.05, 3.63) is 59.3 Å². The Hall–Kier alpha value is -3.17. The number of carbonyl (C=O) groups excluding carboxylic acids is 1. The number of carbonyl (C=O) groups is 1. The molecule has 14 heteroatoms. The van der Waals surface area contributed by atoms with E-state index in [0.29, 0.717) is 0 Å². The number of alkyl halides is 3. The zero-order valence-corrected chi connectivity index (χ0v) is 19.3. The first-order valence-electron chi connectivity index (χ1n) is 9.74. The van der Waals surface area contributed by atoms with Gasteiger partial charge in [0.1, 0.15) is 27.8 Å². The van der Waals surface area contributed by atoms with Crippen molar-refractivity contribution in [2.45, 2.75) is 19.6 Å². The Balaban J connectivity index is 1.68. The smallest absolute Gasteiger partial charge is 0.311 e. The van der Waals surface area contributed by atoms with Gasteiger partial charge in [-0.2, -0.15) is 18.3 Å². The molecule has 3 aromatic rings. The number of halogens is 6. The second-order valence-corrected chi connectivity index (χ2v) is 8.78. The van der Waals surface area contributed by atoms with Crippen LogP contribution in [0.1, 0.15) is 12.6 Å². The van der Waals surface area contributed by atoms with Crippen LogP contribution in [-0.2, 0) is 11.3 Å². The first-order chi connectivity index (χ1) is 16.0. The number of anilines is 1. The fraction of sp³-hybridized carbons (Fsp3) is 0.250.